The number of likely N-dealkylation sites (tertiary alicyclic amines) is 1. The summed E-state index contributed by atoms with van der Waals surface area (Å²) in [5, 5.41) is 6.69. The van der Waals surface area contributed by atoms with E-state index in [0.29, 0.717) is 49.1 Å². The second-order valence-electron chi connectivity index (χ2n) is 7.45. The summed E-state index contributed by atoms with van der Waals surface area (Å²) in [7, 11) is 1.59. The molecular formula is C22H21F3N4O3. The van der Waals surface area contributed by atoms with Gasteiger partial charge in [-0.2, -0.15) is 18.2 Å². The molecule has 2 amide bonds. The summed E-state index contributed by atoms with van der Waals surface area (Å²) in [5.41, 5.74) is 0.335. The highest BCUT2D eigenvalue weighted by molar-refractivity contribution is 5.89. The molecule has 2 heterocycles. The van der Waals surface area contributed by atoms with Gasteiger partial charge in [0.2, 0.25) is 11.7 Å². The molecule has 0 unspecified atom stereocenters. The van der Waals surface area contributed by atoms with Crippen LogP contribution < -0.4 is 10.1 Å². The van der Waals surface area contributed by atoms with Crippen LogP contribution in [0.2, 0.25) is 0 Å². The molecular weight excluding hydrogens is 425 g/mol. The Hall–Kier alpha value is -3.56. The zero-order valence-corrected chi connectivity index (χ0v) is 17.2. The normalized spacial score (nSPS) is 14.9. The van der Waals surface area contributed by atoms with E-state index in [4.69, 9.17) is 9.26 Å². The monoisotopic (exact) mass is 446 g/mol. The number of rotatable bonds is 4. The molecule has 0 radical (unpaired) electrons. The lowest BCUT2D eigenvalue weighted by Gasteiger charge is -2.30. The second-order valence-corrected chi connectivity index (χ2v) is 7.45. The third-order valence-electron chi connectivity index (χ3n) is 5.36. The van der Waals surface area contributed by atoms with Crippen molar-refractivity contribution in [3.05, 3.63) is 60.0 Å². The number of halogens is 3. The molecule has 2 aromatic carbocycles. The molecule has 4 rings (SSSR count). The Morgan fingerprint density at radius 3 is 2.53 bits per heavy atom. The molecule has 1 aliphatic rings. The number of urea groups is 1. The summed E-state index contributed by atoms with van der Waals surface area (Å²) < 4.78 is 48.7. The average molecular weight is 446 g/mol. The van der Waals surface area contributed by atoms with Gasteiger partial charge in [0.05, 0.1) is 12.7 Å². The molecule has 1 aromatic heterocycles. The summed E-state index contributed by atoms with van der Waals surface area (Å²) >= 11 is 0. The number of carbonyl (C=O) groups excluding carboxylic acids is 1. The first-order valence-electron chi connectivity index (χ1n) is 10.0. The maximum Gasteiger partial charge on any atom is 0.416 e. The number of nitrogens with zero attached hydrogens (tertiary/aromatic N) is 3. The minimum Gasteiger partial charge on any atom is -0.497 e. The number of hydrogen-bond acceptors (Lipinski definition) is 5. The molecule has 0 saturated carbocycles. The average Bonchev–Trinajstić information content (AvgIpc) is 3.29. The van der Waals surface area contributed by atoms with E-state index < -0.39 is 11.7 Å². The van der Waals surface area contributed by atoms with Crippen LogP contribution in [0.3, 0.4) is 0 Å². The molecule has 0 atom stereocenters. The summed E-state index contributed by atoms with van der Waals surface area (Å²) in [6, 6.07) is 11.4. The number of carbonyl (C=O) groups is 1. The number of amides is 2. The maximum absolute atomic E-state index is 12.7. The first-order chi connectivity index (χ1) is 15.3. The van der Waals surface area contributed by atoms with Crippen LogP contribution >= 0.6 is 0 Å². The van der Waals surface area contributed by atoms with Gasteiger partial charge in [-0.05, 0) is 49.2 Å². The van der Waals surface area contributed by atoms with E-state index in [1.807, 2.05) is 24.3 Å². The fraction of sp³-hybridized carbons (Fsp3) is 0.318. The van der Waals surface area contributed by atoms with Gasteiger partial charge in [-0.1, -0.05) is 17.3 Å². The predicted octanol–water partition coefficient (Wildman–Crippen LogP) is 5.18. The summed E-state index contributed by atoms with van der Waals surface area (Å²) in [6.45, 7) is 0.933. The van der Waals surface area contributed by atoms with E-state index in [0.717, 1.165) is 17.7 Å². The van der Waals surface area contributed by atoms with Gasteiger partial charge in [0.1, 0.15) is 5.75 Å². The van der Waals surface area contributed by atoms with Crippen molar-refractivity contribution in [2.75, 3.05) is 25.5 Å². The van der Waals surface area contributed by atoms with Crippen LogP contribution in [0.5, 0.6) is 5.75 Å². The molecule has 10 heteroatoms. The van der Waals surface area contributed by atoms with E-state index in [9.17, 15) is 18.0 Å². The third kappa shape index (κ3) is 4.84. The van der Waals surface area contributed by atoms with Crippen LogP contribution in [0.4, 0.5) is 23.7 Å². The number of methoxy groups -OCH3 is 1. The number of benzene rings is 2. The van der Waals surface area contributed by atoms with Crippen LogP contribution in [0.1, 0.15) is 30.2 Å². The topological polar surface area (TPSA) is 80.5 Å². The Kier molecular flexibility index (Phi) is 6.02. The van der Waals surface area contributed by atoms with Gasteiger partial charge in [0.25, 0.3) is 0 Å². The highest BCUT2D eigenvalue weighted by Gasteiger charge is 2.30. The molecule has 7 nitrogen and oxygen atoms in total. The van der Waals surface area contributed by atoms with Gasteiger partial charge in [-0.15, -0.1) is 0 Å². The Morgan fingerprint density at radius 2 is 1.88 bits per heavy atom. The zero-order chi connectivity index (χ0) is 22.7. The molecule has 1 fully saturated rings. The second kappa shape index (κ2) is 8.89. The smallest absolute Gasteiger partial charge is 0.416 e. The summed E-state index contributed by atoms with van der Waals surface area (Å²) in [5.74, 6) is 1.71. The van der Waals surface area contributed by atoms with E-state index in [1.165, 1.54) is 12.1 Å². The fourth-order valence-electron chi connectivity index (χ4n) is 3.56. The van der Waals surface area contributed by atoms with Gasteiger partial charge in [-0.3, -0.25) is 0 Å². The van der Waals surface area contributed by atoms with Crippen molar-refractivity contribution in [2.24, 2.45) is 0 Å². The van der Waals surface area contributed by atoms with Gasteiger partial charge in [0, 0.05) is 30.3 Å². The molecule has 1 N–H and O–H groups in total. The van der Waals surface area contributed by atoms with Crippen molar-refractivity contribution in [1.29, 1.82) is 0 Å². The number of nitrogens with one attached hydrogen (secondary N) is 1. The van der Waals surface area contributed by atoms with Crippen molar-refractivity contribution < 1.29 is 27.2 Å². The molecule has 0 spiro atoms. The van der Waals surface area contributed by atoms with Crippen LogP contribution in [0, 0.1) is 0 Å². The minimum atomic E-state index is -4.41. The minimum absolute atomic E-state index is 0.0250. The van der Waals surface area contributed by atoms with E-state index in [-0.39, 0.29) is 11.9 Å². The largest absolute Gasteiger partial charge is 0.497 e. The zero-order valence-electron chi connectivity index (χ0n) is 17.2. The van der Waals surface area contributed by atoms with Gasteiger partial charge >= 0.3 is 12.2 Å². The quantitative estimate of drug-likeness (QED) is 0.598. The Morgan fingerprint density at radius 1 is 1.16 bits per heavy atom. The first kappa shape index (κ1) is 21.7. The molecule has 168 valence electrons. The Bertz CT molecular complexity index is 1070. The number of aromatic nitrogens is 2. The van der Waals surface area contributed by atoms with Crippen molar-refractivity contribution in [3.8, 4) is 17.1 Å². The summed E-state index contributed by atoms with van der Waals surface area (Å²) in [6.07, 6.45) is -3.13. The van der Waals surface area contributed by atoms with E-state index in [2.05, 4.69) is 15.5 Å². The summed E-state index contributed by atoms with van der Waals surface area (Å²) in [4.78, 5) is 18.6. The number of alkyl halides is 3. The number of ether oxygens (including phenoxy) is 1. The first-order valence-corrected chi connectivity index (χ1v) is 10.0. The molecule has 1 saturated heterocycles. The Balaban J connectivity index is 1.33. The van der Waals surface area contributed by atoms with Crippen LogP contribution in [-0.4, -0.2) is 41.3 Å². The van der Waals surface area contributed by atoms with Crippen molar-refractivity contribution in [3.63, 3.8) is 0 Å². The SMILES string of the molecule is COc1cccc(-c2noc(C3CCN(C(=O)Nc4ccc(C(F)(F)F)cc4)CC3)n2)c1. The van der Waals surface area contributed by atoms with E-state index >= 15 is 0 Å². The van der Waals surface area contributed by atoms with Crippen LogP contribution in [0.25, 0.3) is 11.4 Å². The fourth-order valence-corrected chi connectivity index (χ4v) is 3.56. The van der Waals surface area contributed by atoms with Crippen LogP contribution in [-0.2, 0) is 6.18 Å². The highest BCUT2D eigenvalue weighted by Crippen LogP contribution is 2.31. The third-order valence-corrected chi connectivity index (χ3v) is 5.36. The highest BCUT2D eigenvalue weighted by atomic mass is 19.4. The Labute approximate surface area is 182 Å². The maximum atomic E-state index is 12.7. The lowest BCUT2D eigenvalue weighted by molar-refractivity contribution is -0.137. The number of hydrogen-bond donors (Lipinski definition) is 1. The van der Waals surface area contributed by atoms with Crippen molar-refractivity contribution in [1.82, 2.24) is 15.0 Å². The predicted molar refractivity (Wildman–Crippen MR) is 110 cm³/mol. The van der Waals surface area contributed by atoms with Gasteiger partial charge < -0.3 is 19.5 Å². The molecule has 32 heavy (non-hydrogen) atoms. The van der Waals surface area contributed by atoms with Crippen LogP contribution in [0.15, 0.2) is 53.1 Å². The van der Waals surface area contributed by atoms with E-state index in [1.54, 1.807) is 12.0 Å². The van der Waals surface area contributed by atoms with Gasteiger partial charge in [-0.25, -0.2) is 4.79 Å². The molecule has 1 aliphatic heterocycles. The number of piperidine rings is 1. The standard InChI is InChI=1S/C22H21F3N4O3/c1-31-18-4-2-3-15(13-18)19-27-20(32-28-19)14-9-11-29(12-10-14)21(30)26-17-7-5-16(6-8-17)22(23,24)25/h2-8,13-14H,9-12H2,1H3,(H,26,30). The lowest BCUT2D eigenvalue weighted by Crippen LogP contribution is -2.40. The molecule has 0 bridgehead atoms. The molecule has 0 aliphatic carbocycles. The van der Waals surface area contributed by atoms with Gasteiger partial charge in [0.15, 0.2) is 0 Å². The molecule has 3 aromatic rings. The van der Waals surface area contributed by atoms with Crippen molar-refractivity contribution >= 4 is 11.7 Å². The lowest BCUT2D eigenvalue weighted by atomic mass is 9.97. The van der Waals surface area contributed by atoms with Crippen molar-refractivity contribution in [2.45, 2.75) is 24.9 Å². The number of anilines is 1.